The highest BCUT2D eigenvalue weighted by atomic mass is 35.5. The van der Waals surface area contributed by atoms with E-state index >= 15 is 0 Å². The quantitative estimate of drug-likeness (QED) is 0.932. The molecule has 1 aromatic carbocycles. The van der Waals surface area contributed by atoms with Crippen LogP contribution in [-0.4, -0.2) is 29.3 Å². The first-order chi connectivity index (χ1) is 9.34. The Morgan fingerprint density at radius 2 is 2.15 bits per heavy atom. The van der Waals surface area contributed by atoms with Gasteiger partial charge >= 0.3 is 0 Å². The molecule has 1 fully saturated rings. The van der Waals surface area contributed by atoms with Crippen LogP contribution < -0.4 is 5.32 Å². The van der Waals surface area contributed by atoms with Crippen LogP contribution in [-0.2, 0) is 16.1 Å². The van der Waals surface area contributed by atoms with Crippen molar-refractivity contribution < 1.29 is 9.59 Å². The highest BCUT2D eigenvalue weighted by Gasteiger charge is 2.44. The fraction of sp³-hybridized carbons (Fsp3) is 0.429. The molecule has 2 amide bonds. The summed E-state index contributed by atoms with van der Waals surface area (Å²) >= 11 is 11.9. The molecule has 4 nitrogen and oxygen atoms in total. The normalized spacial score (nSPS) is 22.2. The second-order valence-corrected chi connectivity index (χ2v) is 5.99. The first kappa shape index (κ1) is 15.1. The maximum Gasteiger partial charge on any atom is 0.245 e. The highest BCUT2D eigenvalue weighted by Crippen LogP contribution is 2.28. The third-order valence-electron chi connectivity index (χ3n) is 3.88. The first-order valence-electron chi connectivity index (χ1n) is 6.33. The van der Waals surface area contributed by atoms with Gasteiger partial charge in [-0.25, -0.2) is 0 Å². The number of benzene rings is 1. The SMILES string of the molecule is CN1C(=O)CCC1(C)C(=O)NCc1ccc(Cl)cc1Cl. The number of likely N-dealkylation sites (N-methyl/N-ethyl adjacent to an activating group) is 1. The van der Waals surface area contributed by atoms with E-state index in [0.717, 1.165) is 5.56 Å². The lowest BCUT2D eigenvalue weighted by Gasteiger charge is -2.30. The van der Waals surface area contributed by atoms with Crippen LogP contribution in [0.5, 0.6) is 0 Å². The van der Waals surface area contributed by atoms with Crippen LogP contribution in [0.3, 0.4) is 0 Å². The molecule has 1 atom stereocenters. The number of carbonyl (C=O) groups is 2. The molecule has 1 aliphatic rings. The summed E-state index contributed by atoms with van der Waals surface area (Å²) in [6.45, 7) is 2.09. The molecule has 1 N–H and O–H groups in total. The number of hydrogen-bond donors (Lipinski definition) is 1. The third-order valence-corrected chi connectivity index (χ3v) is 4.47. The minimum atomic E-state index is -0.782. The first-order valence-corrected chi connectivity index (χ1v) is 7.09. The lowest BCUT2D eigenvalue weighted by molar-refractivity contribution is -0.138. The summed E-state index contributed by atoms with van der Waals surface area (Å²) in [5.41, 5.74) is 0.00990. The van der Waals surface area contributed by atoms with Gasteiger partial charge in [-0.2, -0.15) is 0 Å². The zero-order valence-corrected chi connectivity index (χ0v) is 12.9. The van der Waals surface area contributed by atoms with Gasteiger partial charge in [-0.05, 0) is 31.0 Å². The summed E-state index contributed by atoms with van der Waals surface area (Å²) in [4.78, 5) is 25.4. The lowest BCUT2D eigenvalue weighted by Crippen LogP contribution is -2.52. The van der Waals surface area contributed by atoms with Crippen molar-refractivity contribution in [2.24, 2.45) is 0 Å². The van der Waals surface area contributed by atoms with Crippen LogP contribution in [0.1, 0.15) is 25.3 Å². The van der Waals surface area contributed by atoms with Crippen LogP contribution in [0.4, 0.5) is 0 Å². The monoisotopic (exact) mass is 314 g/mol. The van der Waals surface area contributed by atoms with E-state index in [1.54, 1.807) is 32.2 Å². The van der Waals surface area contributed by atoms with Crippen LogP contribution in [0.25, 0.3) is 0 Å². The standard InChI is InChI=1S/C14H16Cl2N2O2/c1-14(6-5-12(19)18(14)2)13(20)17-8-9-3-4-10(15)7-11(9)16/h3-4,7H,5-6,8H2,1-2H3,(H,17,20). The van der Waals surface area contributed by atoms with Crippen molar-refractivity contribution in [1.29, 1.82) is 0 Å². The average Bonchev–Trinajstić information content (AvgIpc) is 2.66. The number of amides is 2. The molecule has 20 heavy (non-hydrogen) atoms. The van der Waals surface area contributed by atoms with Gasteiger partial charge in [0, 0.05) is 30.1 Å². The second-order valence-electron chi connectivity index (χ2n) is 5.15. The molecule has 1 aliphatic heterocycles. The summed E-state index contributed by atoms with van der Waals surface area (Å²) in [5, 5.41) is 3.90. The molecule has 0 saturated carbocycles. The average molecular weight is 315 g/mol. The predicted octanol–water partition coefficient (Wildman–Crippen LogP) is 2.62. The van der Waals surface area contributed by atoms with Gasteiger partial charge in [0.15, 0.2) is 0 Å². The molecule has 1 unspecified atom stereocenters. The number of nitrogens with one attached hydrogen (secondary N) is 1. The topological polar surface area (TPSA) is 49.4 Å². The van der Waals surface area contributed by atoms with E-state index < -0.39 is 5.54 Å². The fourth-order valence-corrected chi connectivity index (χ4v) is 2.73. The summed E-state index contributed by atoms with van der Waals surface area (Å²) in [6.07, 6.45) is 0.935. The van der Waals surface area contributed by atoms with Gasteiger partial charge < -0.3 is 10.2 Å². The van der Waals surface area contributed by atoms with Crippen molar-refractivity contribution in [2.75, 3.05) is 7.05 Å². The van der Waals surface area contributed by atoms with Crippen molar-refractivity contribution in [2.45, 2.75) is 31.8 Å². The Morgan fingerprint density at radius 3 is 2.70 bits per heavy atom. The Balaban J connectivity index is 2.04. The zero-order valence-electron chi connectivity index (χ0n) is 11.4. The molecule has 0 bridgehead atoms. The number of halogens is 2. The molecule has 1 aromatic rings. The Labute approximate surface area is 128 Å². The molecular weight excluding hydrogens is 299 g/mol. The van der Waals surface area contributed by atoms with Crippen LogP contribution in [0.2, 0.25) is 10.0 Å². The Morgan fingerprint density at radius 1 is 1.45 bits per heavy atom. The Hall–Kier alpha value is -1.26. The molecule has 108 valence electrons. The van der Waals surface area contributed by atoms with Crippen LogP contribution in [0, 0.1) is 0 Å². The largest absolute Gasteiger partial charge is 0.350 e. The third kappa shape index (κ3) is 2.76. The van der Waals surface area contributed by atoms with E-state index in [2.05, 4.69) is 5.32 Å². The zero-order chi connectivity index (χ0) is 14.9. The van der Waals surface area contributed by atoms with Crippen LogP contribution >= 0.6 is 23.2 Å². The van der Waals surface area contributed by atoms with Gasteiger partial charge in [0.2, 0.25) is 11.8 Å². The van der Waals surface area contributed by atoms with Gasteiger partial charge in [0.25, 0.3) is 0 Å². The Kier molecular flexibility index (Phi) is 4.25. The number of rotatable bonds is 3. The smallest absolute Gasteiger partial charge is 0.245 e. The molecular formula is C14H16Cl2N2O2. The minimum Gasteiger partial charge on any atom is -0.350 e. The number of nitrogens with zero attached hydrogens (tertiary/aromatic N) is 1. The molecule has 0 aliphatic carbocycles. The minimum absolute atomic E-state index is 0.00725. The molecule has 0 spiro atoms. The molecule has 2 rings (SSSR count). The molecule has 6 heteroatoms. The molecule has 1 heterocycles. The fourth-order valence-electron chi connectivity index (χ4n) is 2.26. The summed E-state index contributed by atoms with van der Waals surface area (Å²) in [5.74, 6) is -0.177. The van der Waals surface area contributed by atoms with Gasteiger partial charge in [-0.1, -0.05) is 29.3 Å². The van der Waals surface area contributed by atoms with E-state index in [4.69, 9.17) is 23.2 Å². The number of likely N-dealkylation sites (tertiary alicyclic amines) is 1. The van der Waals surface area contributed by atoms with Gasteiger partial charge in [-0.3, -0.25) is 9.59 Å². The van der Waals surface area contributed by atoms with Crippen molar-refractivity contribution in [3.63, 3.8) is 0 Å². The molecule has 0 aromatic heterocycles. The van der Waals surface area contributed by atoms with Crippen molar-refractivity contribution in [3.05, 3.63) is 33.8 Å². The van der Waals surface area contributed by atoms with E-state index in [1.165, 1.54) is 4.90 Å². The summed E-state index contributed by atoms with van der Waals surface area (Å²) in [7, 11) is 1.66. The van der Waals surface area contributed by atoms with Gasteiger partial charge in [0.1, 0.15) is 5.54 Å². The van der Waals surface area contributed by atoms with E-state index in [-0.39, 0.29) is 11.8 Å². The maximum atomic E-state index is 12.3. The highest BCUT2D eigenvalue weighted by molar-refractivity contribution is 6.35. The number of carbonyl (C=O) groups excluding carboxylic acids is 2. The number of hydrogen-bond acceptors (Lipinski definition) is 2. The molecule has 0 radical (unpaired) electrons. The molecule has 1 saturated heterocycles. The van der Waals surface area contributed by atoms with E-state index in [1.807, 2.05) is 0 Å². The lowest BCUT2D eigenvalue weighted by atomic mass is 9.98. The van der Waals surface area contributed by atoms with Crippen molar-refractivity contribution in [3.8, 4) is 0 Å². The van der Waals surface area contributed by atoms with Crippen molar-refractivity contribution in [1.82, 2.24) is 10.2 Å². The summed E-state index contributed by atoms with van der Waals surface area (Å²) < 4.78 is 0. The summed E-state index contributed by atoms with van der Waals surface area (Å²) in [6, 6.07) is 5.14. The van der Waals surface area contributed by atoms with Crippen LogP contribution in [0.15, 0.2) is 18.2 Å². The predicted molar refractivity (Wildman–Crippen MR) is 78.7 cm³/mol. The van der Waals surface area contributed by atoms with Crippen molar-refractivity contribution >= 4 is 35.0 Å². The van der Waals surface area contributed by atoms with Gasteiger partial charge in [0.05, 0.1) is 0 Å². The maximum absolute atomic E-state index is 12.3. The second kappa shape index (κ2) is 5.62. The Bertz CT molecular complexity index is 562. The van der Waals surface area contributed by atoms with E-state index in [9.17, 15) is 9.59 Å². The van der Waals surface area contributed by atoms with E-state index in [0.29, 0.717) is 29.4 Å². The van der Waals surface area contributed by atoms with Gasteiger partial charge in [-0.15, -0.1) is 0 Å².